The lowest BCUT2D eigenvalue weighted by Gasteiger charge is -2.11. The minimum atomic E-state index is -5.10. The molecule has 0 aliphatic carbocycles. The molecule has 0 bridgehead atoms. The van der Waals surface area contributed by atoms with Crippen molar-refractivity contribution in [2.24, 2.45) is 20.5 Å². The van der Waals surface area contributed by atoms with Crippen LogP contribution in [0, 0.1) is 0 Å². The number of carbonyl (C=O) groups is 1. The molecule has 1 amide bonds. The van der Waals surface area contributed by atoms with E-state index in [1.54, 1.807) is 24.3 Å². The van der Waals surface area contributed by atoms with Crippen LogP contribution in [0.4, 0.5) is 34.1 Å². The number of azo groups is 2. The predicted molar refractivity (Wildman–Crippen MR) is 176 cm³/mol. The molecule has 16 nitrogen and oxygen atoms in total. The first-order chi connectivity index (χ1) is 22.6. The smallest absolute Gasteiger partial charge is 0.296 e. The molecule has 48 heavy (non-hydrogen) atoms. The van der Waals surface area contributed by atoms with Crippen molar-refractivity contribution < 1.29 is 44.6 Å². The van der Waals surface area contributed by atoms with Crippen molar-refractivity contribution in [3.05, 3.63) is 85.5 Å². The van der Waals surface area contributed by atoms with Gasteiger partial charge in [0.2, 0.25) is 5.91 Å². The number of rotatable bonds is 9. The van der Waals surface area contributed by atoms with Crippen LogP contribution in [-0.4, -0.2) is 45.7 Å². The summed E-state index contributed by atoms with van der Waals surface area (Å²) in [5.74, 6) is -1.24. The molecule has 0 saturated heterocycles. The van der Waals surface area contributed by atoms with Gasteiger partial charge in [-0.2, -0.15) is 21.9 Å². The maximum Gasteiger partial charge on any atom is 0.296 e. The van der Waals surface area contributed by atoms with Crippen LogP contribution < -0.4 is 11.1 Å². The zero-order chi connectivity index (χ0) is 35.0. The van der Waals surface area contributed by atoms with Gasteiger partial charge in [0.1, 0.15) is 15.5 Å². The van der Waals surface area contributed by atoms with E-state index in [2.05, 4.69) is 32.4 Å². The topological polar surface area (TPSA) is 271 Å². The fraction of sp³-hybridized carbons (Fsp3) is 0. The summed E-state index contributed by atoms with van der Waals surface area (Å²) in [6.45, 7) is 3.39. The van der Waals surface area contributed by atoms with Crippen LogP contribution in [0.1, 0.15) is 0 Å². The molecule has 19 heteroatoms. The highest BCUT2D eigenvalue weighted by Gasteiger charge is 2.24. The van der Waals surface area contributed by atoms with Gasteiger partial charge in [-0.3, -0.25) is 13.9 Å². The molecule has 0 spiro atoms. The molecule has 7 N–H and O–H groups in total. The molecular weight excluding hydrogens is 689 g/mol. The molecule has 0 aromatic heterocycles. The van der Waals surface area contributed by atoms with Gasteiger partial charge >= 0.3 is 0 Å². The predicted octanol–water partition coefficient (Wildman–Crippen LogP) is 6.31. The summed E-state index contributed by atoms with van der Waals surface area (Å²) < 4.78 is 89.0. The second kappa shape index (κ2) is 13.0. The lowest BCUT2D eigenvalue weighted by atomic mass is 10.1. The number of benzene rings is 5. The highest BCUT2D eigenvalue weighted by molar-refractivity contribution is 7.86. The molecule has 0 fully saturated rings. The van der Waals surface area contributed by atoms with Crippen molar-refractivity contribution in [2.45, 2.75) is 14.7 Å². The highest BCUT2D eigenvalue weighted by Crippen LogP contribution is 2.44. The average Bonchev–Trinajstić information content (AvgIpc) is 3.02. The van der Waals surface area contributed by atoms with E-state index in [-0.39, 0.29) is 32.6 Å². The lowest BCUT2D eigenvalue weighted by Crippen LogP contribution is -2.06. The number of hydrogen-bond donors (Lipinski definition) is 6. The van der Waals surface area contributed by atoms with Crippen LogP contribution in [-0.2, 0) is 36.1 Å². The first-order valence-corrected chi connectivity index (χ1v) is 17.1. The minimum Gasteiger partial charge on any atom is -0.505 e. The number of fused-ring (bicyclic) bond motifs is 2. The van der Waals surface area contributed by atoms with Gasteiger partial charge in [-0.1, -0.05) is 12.6 Å². The van der Waals surface area contributed by atoms with Crippen LogP contribution in [0.2, 0.25) is 0 Å². The van der Waals surface area contributed by atoms with Crippen molar-refractivity contribution in [3.63, 3.8) is 0 Å². The normalized spacial score (nSPS) is 13.0. The third kappa shape index (κ3) is 7.10. The maximum absolute atomic E-state index is 12.3. The Morgan fingerprint density at radius 2 is 1.40 bits per heavy atom. The molecule has 0 heterocycles. The van der Waals surface area contributed by atoms with Gasteiger partial charge < -0.3 is 20.7 Å². The van der Waals surface area contributed by atoms with E-state index in [1.807, 2.05) is 0 Å². The molecule has 0 aliphatic rings. The molecule has 246 valence electrons. The summed E-state index contributed by atoms with van der Waals surface area (Å²) in [5.41, 5.74) is 5.75. The summed E-state index contributed by atoms with van der Waals surface area (Å²) in [7, 11) is -9.94. The molecule has 1 unspecified atom stereocenters. The van der Waals surface area contributed by atoms with Gasteiger partial charge in [0, 0.05) is 21.8 Å². The van der Waals surface area contributed by atoms with E-state index in [0.29, 0.717) is 22.4 Å². The summed E-state index contributed by atoms with van der Waals surface area (Å²) in [5, 5.41) is 30.2. The number of phenols is 1. The van der Waals surface area contributed by atoms with Crippen molar-refractivity contribution >= 4 is 92.9 Å². The highest BCUT2D eigenvalue weighted by atomic mass is 32.2. The van der Waals surface area contributed by atoms with Gasteiger partial charge in [-0.25, -0.2) is 4.21 Å². The number of amides is 1. The van der Waals surface area contributed by atoms with Crippen LogP contribution in [0.15, 0.2) is 121 Å². The fourth-order valence-corrected chi connectivity index (χ4v) is 6.20. The van der Waals surface area contributed by atoms with Crippen LogP contribution in [0.3, 0.4) is 0 Å². The van der Waals surface area contributed by atoms with Gasteiger partial charge in [-0.15, -0.1) is 15.3 Å². The Hall–Kier alpha value is -5.44. The van der Waals surface area contributed by atoms with E-state index < -0.39 is 58.2 Å². The second-order valence-electron chi connectivity index (χ2n) is 9.83. The number of hydrogen-bond acceptors (Lipinski definition) is 12. The van der Waals surface area contributed by atoms with E-state index >= 15 is 0 Å². The van der Waals surface area contributed by atoms with Gasteiger partial charge in [0.05, 0.1) is 27.6 Å². The Morgan fingerprint density at radius 1 is 0.792 bits per heavy atom. The summed E-state index contributed by atoms with van der Waals surface area (Å²) >= 11 is -2.41. The monoisotopic (exact) mass is 710 g/mol. The third-order valence-corrected chi connectivity index (χ3v) is 9.17. The van der Waals surface area contributed by atoms with Crippen LogP contribution >= 0.6 is 0 Å². The first-order valence-electron chi connectivity index (χ1n) is 13.2. The number of nitrogens with two attached hydrogens (primary N) is 1. The van der Waals surface area contributed by atoms with E-state index in [4.69, 9.17) is 5.73 Å². The van der Waals surface area contributed by atoms with E-state index in [0.717, 1.165) is 24.3 Å². The van der Waals surface area contributed by atoms with Gasteiger partial charge in [0.25, 0.3) is 20.2 Å². The number of nitrogens with zero attached hydrogens (tertiary/aromatic N) is 4. The molecular formula is C29H22N6O10S3. The minimum absolute atomic E-state index is 0.0144. The Morgan fingerprint density at radius 3 is 2.00 bits per heavy atom. The lowest BCUT2D eigenvalue weighted by molar-refractivity contribution is -0.111. The molecule has 1 atom stereocenters. The molecule has 5 aromatic rings. The SMILES string of the molecule is C=CC(=O)Nc1ccc(/N=N/c2ccc(/N=N/c3c(S(=O)(=O)O)cc4cc(S(=O)(=O)O)c(N)cc4c3O)c3cc(S(=O)O)ccc23)cc1. The molecule has 0 aliphatic heterocycles. The maximum atomic E-state index is 12.3. The van der Waals surface area contributed by atoms with Crippen LogP contribution in [0.25, 0.3) is 21.5 Å². The number of phenolic OH excluding ortho intramolecular Hbond substituents is 1. The largest absolute Gasteiger partial charge is 0.505 e. The van der Waals surface area contributed by atoms with Crippen molar-refractivity contribution in [1.29, 1.82) is 0 Å². The quantitative estimate of drug-likeness (QED) is 0.0324. The fourth-order valence-electron chi connectivity index (χ4n) is 4.51. The Kier molecular flexibility index (Phi) is 9.17. The standard InChI is InChI=1S/C29H22N6O10S3/c1-2-27(36)31-16-3-5-17(6-4-16)32-33-23-9-10-24(21-13-18(46(38)39)7-8-19(21)23)34-35-28-26(48(43,44)45)12-15-11-25(47(40,41)42)22(30)14-20(15)29(28)37/h2-14,37H,1,30H2,(H,31,36)(H,38,39)(H,40,41,42)(H,43,44,45)/b33-32+,35-34+. The molecule has 5 rings (SSSR count). The second-order valence-corrected chi connectivity index (χ2v) is 13.6. The van der Waals surface area contributed by atoms with E-state index in [9.17, 15) is 44.6 Å². The summed E-state index contributed by atoms with van der Waals surface area (Å²) in [6, 6.07) is 16.0. The third-order valence-electron chi connectivity index (χ3n) is 6.73. The molecule has 0 saturated carbocycles. The zero-order valence-corrected chi connectivity index (χ0v) is 26.5. The van der Waals surface area contributed by atoms with Crippen molar-refractivity contribution in [2.75, 3.05) is 11.1 Å². The zero-order valence-electron chi connectivity index (χ0n) is 24.0. The van der Waals surface area contributed by atoms with Gasteiger partial charge in [-0.05, 0) is 78.2 Å². The van der Waals surface area contributed by atoms with Gasteiger partial charge in [0.15, 0.2) is 16.8 Å². The average molecular weight is 711 g/mol. The number of anilines is 2. The molecule has 5 aromatic carbocycles. The molecule has 0 radical (unpaired) electrons. The summed E-state index contributed by atoms with van der Waals surface area (Å²) in [4.78, 5) is 9.76. The Bertz CT molecular complexity index is 2470. The number of nitrogens with one attached hydrogen (secondary N) is 1. The first kappa shape index (κ1) is 33.9. The van der Waals surface area contributed by atoms with Crippen molar-refractivity contribution in [1.82, 2.24) is 0 Å². The number of aromatic hydroxyl groups is 1. The number of nitrogen functional groups attached to an aromatic ring is 1. The summed E-state index contributed by atoms with van der Waals surface area (Å²) in [6.07, 6.45) is 1.12. The van der Waals surface area contributed by atoms with E-state index in [1.165, 1.54) is 30.3 Å². The van der Waals surface area contributed by atoms with Crippen molar-refractivity contribution in [3.8, 4) is 5.75 Å². The van der Waals surface area contributed by atoms with Crippen LogP contribution in [0.5, 0.6) is 5.75 Å². The Labute approximate surface area is 274 Å². The number of carbonyl (C=O) groups excluding carboxylic acids is 1. The Balaban J connectivity index is 1.62.